The number of aromatic nitrogens is 1. The van der Waals surface area contributed by atoms with E-state index in [4.69, 9.17) is 16.2 Å². The average molecular weight is 594 g/mol. The SMILES string of the molecule is COc1cccc(Nc2c(C(N)=O)cnc3c(C)cc(S(=O)(=O)c4cccc5c4CN(c4cccc(N)c4)C5=O)cc23)c1. The van der Waals surface area contributed by atoms with E-state index in [-0.39, 0.29) is 27.8 Å². The van der Waals surface area contributed by atoms with Crippen molar-refractivity contribution in [3.8, 4) is 5.75 Å². The third-order valence-corrected chi connectivity index (χ3v) is 9.26. The third kappa shape index (κ3) is 4.79. The predicted molar refractivity (Wildman–Crippen MR) is 165 cm³/mol. The second kappa shape index (κ2) is 10.4. The highest BCUT2D eigenvalue weighted by molar-refractivity contribution is 7.91. The van der Waals surface area contributed by atoms with Crippen LogP contribution in [-0.4, -0.2) is 32.3 Å². The van der Waals surface area contributed by atoms with Crippen LogP contribution in [0.5, 0.6) is 5.75 Å². The van der Waals surface area contributed by atoms with Crippen molar-refractivity contribution in [2.24, 2.45) is 5.73 Å². The number of fused-ring (bicyclic) bond motifs is 2. The maximum absolute atomic E-state index is 14.3. The van der Waals surface area contributed by atoms with Crippen molar-refractivity contribution in [3.05, 3.63) is 107 Å². The van der Waals surface area contributed by atoms with Crippen molar-refractivity contribution in [1.82, 2.24) is 4.98 Å². The van der Waals surface area contributed by atoms with Crippen molar-refractivity contribution in [2.75, 3.05) is 23.1 Å². The lowest BCUT2D eigenvalue weighted by Crippen LogP contribution is -2.23. The number of nitrogen functional groups attached to an aromatic ring is 1. The van der Waals surface area contributed by atoms with Crippen LogP contribution in [0.4, 0.5) is 22.7 Å². The summed E-state index contributed by atoms with van der Waals surface area (Å²) in [6, 6.07) is 21.6. The van der Waals surface area contributed by atoms with Gasteiger partial charge in [0.2, 0.25) is 9.84 Å². The summed E-state index contributed by atoms with van der Waals surface area (Å²) in [6.45, 7) is 1.81. The van der Waals surface area contributed by atoms with E-state index < -0.39 is 15.7 Å². The Labute approximate surface area is 247 Å². The first kappa shape index (κ1) is 27.7. The fourth-order valence-electron chi connectivity index (χ4n) is 5.35. The number of methoxy groups -OCH3 is 1. The molecule has 1 aliphatic heterocycles. The van der Waals surface area contributed by atoms with Crippen LogP contribution in [0.25, 0.3) is 10.9 Å². The molecule has 2 amide bonds. The van der Waals surface area contributed by atoms with Crippen molar-refractivity contribution in [2.45, 2.75) is 23.3 Å². The van der Waals surface area contributed by atoms with Gasteiger partial charge in [0.1, 0.15) is 5.75 Å². The molecule has 0 saturated heterocycles. The van der Waals surface area contributed by atoms with Gasteiger partial charge in [0.15, 0.2) is 0 Å². The molecule has 5 aromatic rings. The van der Waals surface area contributed by atoms with E-state index in [1.165, 1.54) is 29.3 Å². The number of pyridine rings is 1. The van der Waals surface area contributed by atoms with Gasteiger partial charge in [-0.2, -0.15) is 0 Å². The molecule has 0 unspecified atom stereocenters. The number of carbonyl (C=O) groups is 2. The lowest BCUT2D eigenvalue weighted by Gasteiger charge is -2.17. The first-order valence-electron chi connectivity index (χ1n) is 13.3. The molecule has 0 aliphatic carbocycles. The minimum Gasteiger partial charge on any atom is -0.497 e. The largest absolute Gasteiger partial charge is 0.497 e. The van der Waals surface area contributed by atoms with Gasteiger partial charge in [-0.3, -0.25) is 14.6 Å². The Morgan fingerprint density at radius 1 is 1.02 bits per heavy atom. The van der Waals surface area contributed by atoms with Crippen molar-refractivity contribution in [1.29, 1.82) is 0 Å². The summed E-state index contributed by atoms with van der Waals surface area (Å²) in [5, 5.41) is 3.61. The Kier molecular flexibility index (Phi) is 6.74. The molecule has 2 heterocycles. The van der Waals surface area contributed by atoms with Gasteiger partial charge in [0, 0.05) is 45.8 Å². The van der Waals surface area contributed by atoms with Crippen LogP contribution < -0.4 is 26.4 Å². The Hall–Kier alpha value is -5.42. The van der Waals surface area contributed by atoms with Crippen LogP contribution in [0.15, 0.2) is 94.9 Å². The second-order valence-electron chi connectivity index (χ2n) is 10.2. The van der Waals surface area contributed by atoms with Gasteiger partial charge in [-0.05, 0) is 67.1 Å². The zero-order valence-electron chi connectivity index (χ0n) is 23.3. The molecule has 6 rings (SSSR count). The summed E-state index contributed by atoms with van der Waals surface area (Å²) >= 11 is 0. The summed E-state index contributed by atoms with van der Waals surface area (Å²) in [4.78, 5) is 31.7. The maximum atomic E-state index is 14.3. The molecule has 0 fully saturated rings. The van der Waals surface area contributed by atoms with Gasteiger partial charge in [-0.25, -0.2) is 8.42 Å². The van der Waals surface area contributed by atoms with Gasteiger partial charge in [-0.15, -0.1) is 0 Å². The Bertz CT molecular complexity index is 2080. The average Bonchev–Trinajstić information content (AvgIpc) is 3.33. The molecule has 0 bridgehead atoms. The summed E-state index contributed by atoms with van der Waals surface area (Å²) in [7, 11) is -2.60. The molecular weight excluding hydrogens is 566 g/mol. The number of sulfone groups is 1. The normalized spacial score (nSPS) is 12.8. The number of amides is 2. The number of nitrogens with two attached hydrogens (primary N) is 2. The topological polar surface area (TPSA) is 158 Å². The second-order valence-corrected chi connectivity index (χ2v) is 12.1. The molecule has 0 spiro atoms. The predicted octanol–water partition coefficient (Wildman–Crippen LogP) is 4.97. The molecule has 216 valence electrons. The number of nitrogens with one attached hydrogen (secondary N) is 1. The van der Waals surface area contributed by atoms with E-state index in [0.717, 1.165) is 0 Å². The van der Waals surface area contributed by atoms with E-state index in [2.05, 4.69) is 10.3 Å². The maximum Gasteiger partial charge on any atom is 0.258 e. The van der Waals surface area contributed by atoms with E-state index in [0.29, 0.717) is 56.1 Å². The fourth-order valence-corrected chi connectivity index (χ4v) is 6.97. The number of anilines is 4. The third-order valence-electron chi connectivity index (χ3n) is 7.45. The van der Waals surface area contributed by atoms with Gasteiger partial charge in [0.05, 0.1) is 40.2 Å². The number of rotatable bonds is 7. The number of benzene rings is 4. The summed E-state index contributed by atoms with van der Waals surface area (Å²) in [5.74, 6) is -0.456. The monoisotopic (exact) mass is 593 g/mol. The molecule has 4 aromatic carbocycles. The first-order valence-corrected chi connectivity index (χ1v) is 14.8. The number of nitrogens with zero attached hydrogens (tertiary/aromatic N) is 2. The van der Waals surface area contributed by atoms with Crippen molar-refractivity contribution in [3.63, 3.8) is 0 Å². The Balaban J connectivity index is 1.49. The fraction of sp³-hybridized carbons (Fsp3) is 0.0938. The molecular formula is C32H27N5O5S. The number of hydrogen-bond donors (Lipinski definition) is 3. The summed E-state index contributed by atoms with van der Waals surface area (Å²) < 4.78 is 33.9. The molecule has 11 heteroatoms. The number of carbonyl (C=O) groups excluding carboxylic acids is 2. The van der Waals surface area contributed by atoms with E-state index in [1.807, 2.05) is 0 Å². The lowest BCUT2D eigenvalue weighted by molar-refractivity contribution is 0.0990. The number of primary amides is 1. The minimum absolute atomic E-state index is 0.0159. The van der Waals surface area contributed by atoms with Crippen LogP contribution in [0.1, 0.15) is 31.8 Å². The quantitative estimate of drug-likeness (QED) is 0.223. The van der Waals surface area contributed by atoms with Crippen LogP contribution >= 0.6 is 0 Å². The van der Waals surface area contributed by atoms with Crippen LogP contribution in [0.3, 0.4) is 0 Å². The number of aryl methyl sites for hydroxylation is 1. The highest BCUT2D eigenvalue weighted by Gasteiger charge is 2.34. The molecule has 1 aliphatic rings. The van der Waals surface area contributed by atoms with E-state index in [9.17, 15) is 18.0 Å². The zero-order valence-corrected chi connectivity index (χ0v) is 24.1. The summed E-state index contributed by atoms with van der Waals surface area (Å²) in [6.07, 6.45) is 1.37. The molecule has 43 heavy (non-hydrogen) atoms. The molecule has 0 radical (unpaired) electrons. The van der Waals surface area contributed by atoms with E-state index >= 15 is 0 Å². The Morgan fingerprint density at radius 2 is 1.79 bits per heavy atom. The van der Waals surface area contributed by atoms with Gasteiger partial charge >= 0.3 is 0 Å². The zero-order chi connectivity index (χ0) is 30.5. The number of hydrogen-bond acceptors (Lipinski definition) is 8. The minimum atomic E-state index is -4.14. The van der Waals surface area contributed by atoms with Crippen molar-refractivity contribution < 1.29 is 22.7 Å². The highest BCUT2D eigenvalue weighted by Crippen LogP contribution is 2.38. The molecule has 0 atom stereocenters. The molecule has 1 aromatic heterocycles. The molecule has 0 saturated carbocycles. The molecule has 10 nitrogen and oxygen atoms in total. The highest BCUT2D eigenvalue weighted by atomic mass is 32.2. The summed E-state index contributed by atoms with van der Waals surface area (Å²) in [5.41, 5.74) is 15.5. The van der Waals surface area contributed by atoms with Crippen LogP contribution in [-0.2, 0) is 16.4 Å². The smallest absolute Gasteiger partial charge is 0.258 e. The van der Waals surface area contributed by atoms with Crippen LogP contribution in [0.2, 0.25) is 0 Å². The lowest BCUT2D eigenvalue weighted by atomic mass is 10.1. The van der Waals surface area contributed by atoms with Gasteiger partial charge in [-0.1, -0.05) is 18.2 Å². The molecule has 5 N–H and O–H groups in total. The van der Waals surface area contributed by atoms with Gasteiger partial charge in [0.25, 0.3) is 11.8 Å². The standard InChI is InChI=1S/C32H27N5O5S/c1-18-12-23(15-25-29(18)35-16-26(31(34)38)30(25)36-20-7-4-9-22(14-20)42-2)43(40,41)28-11-5-10-24-27(28)17-37(32(24)39)21-8-3-6-19(33)13-21/h3-16H,17,33H2,1-2H3,(H2,34,38)(H,35,36). The number of ether oxygens (including phenoxy) is 1. The van der Waals surface area contributed by atoms with Gasteiger partial charge < -0.3 is 26.4 Å². The Morgan fingerprint density at radius 3 is 2.53 bits per heavy atom. The van der Waals surface area contributed by atoms with Crippen LogP contribution in [0, 0.1) is 6.92 Å². The van der Waals surface area contributed by atoms with E-state index in [1.54, 1.807) is 74.7 Å². The van der Waals surface area contributed by atoms with Crippen molar-refractivity contribution >= 4 is 55.3 Å². The first-order chi connectivity index (χ1) is 20.6.